The lowest BCUT2D eigenvalue weighted by atomic mass is 10.0. The van der Waals surface area contributed by atoms with E-state index in [1.54, 1.807) is 13.2 Å². The minimum atomic E-state index is -0.194. The Hall–Kier alpha value is -2.01. The van der Waals surface area contributed by atoms with Gasteiger partial charge < -0.3 is 20.1 Å². The second-order valence-corrected chi connectivity index (χ2v) is 4.93. The molecule has 5 heteroatoms. The highest BCUT2D eigenvalue weighted by Crippen LogP contribution is 2.17. The monoisotopic (exact) mass is 290 g/mol. The molecule has 0 fully saturated rings. The topological polar surface area (TPSA) is 59.6 Å². The second kappa shape index (κ2) is 8.32. The Morgan fingerprint density at radius 2 is 2.29 bits per heavy atom. The summed E-state index contributed by atoms with van der Waals surface area (Å²) >= 11 is 0. The summed E-state index contributed by atoms with van der Waals surface area (Å²) in [6.07, 6.45) is 7.36. The number of allylic oxidation sites excluding steroid dienone is 1. The molecule has 21 heavy (non-hydrogen) atoms. The lowest BCUT2D eigenvalue weighted by molar-refractivity contribution is 0.146. The van der Waals surface area contributed by atoms with Crippen molar-refractivity contribution in [1.82, 2.24) is 5.32 Å². The number of amides is 2. The molecule has 0 aromatic heterocycles. The number of benzene rings is 1. The standard InChI is InChI=1S/C16H22N2O3/c1-20-10-11-21-15-9-5-8-14(12-15)18-16(19)17-13-6-3-2-4-7-13/h3,5-6,8-9,12-13H,2,4,7,10-11H2,1H3,(H2,17,18,19)/t13-/m1/s1. The van der Waals surface area contributed by atoms with Crippen LogP contribution in [0.2, 0.25) is 0 Å². The molecule has 1 aromatic rings. The van der Waals surface area contributed by atoms with Gasteiger partial charge in [-0.1, -0.05) is 18.2 Å². The van der Waals surface area contributed by atoms with Crippen molar-refractivity contribution in [2.45, 2.75) is 25.3 Å². The van der Waals surface area contributed by atoms with Gasteiger partial charge in [0.1, 0.15) is 12.4 Å². The molecule has 0 aliphatic heterocycles. The lowest BCUT2D eigenvalue weighted by Gasteiger charge is -2.18. The molecule has 0 saturated heterocycles. The molecule has 0 saturated carbocycles. The molecule has 2 rings (SSSR count). The summed E-state index contributed by atoms with van der Waals surface area (Å²) in [5.41, 5.74) is 0.710. The maximum absolute atomic E-state index is 11.9. The predicted octanol–water partition coefficient (Wildman–Crippen LogP) is 2.94. The fraction of sp³-hybridized carbons (Fsp3) is 0.438. The maximum Gasteiger partial charge on any atom is 0.319 e. The van der Waals surface area contributed by atoms with Gasteiger partial charge in [0.2, 0.25) is 0 Å². The Labute approximate surface area is 125 Å². The Balaban J connectivity index is 1.83. The molecule has 114 valence electrons. The van der Waals surface area contributed by atoms with Crippen molar-refractivity contribution in [1.29, 1.82) is 0 Å². The number of hydrogen-bond acceptors (Lipinski definition) is 3. The minimum absolute atomic E-state index is 0.125. The fourth-order valence-electron chi connectivity index (χ4n) is 2.17. The van der Waals surface area contributed by atoms with Gasteiger partial charge in [-0.2, -0.15) is 0 Å². The number of anilines is 1. The van der Waals surface area contributed by atoms with Crippen LogP contribution in [0.4, 0.5) is 10.5 Å². The van der Waals surface area contributed by atoms with E-state index in [0.717, 1.165) is 19.3 Å². The Morgan fingerprint density at radius 3 is 3.05 bits per heavy atom. The molecule has 1 atom stereocenters. The summed E-state index contributed by atoms with van der Waals surface area (Å²) < 4.78 is 10.4. The van der Waals surface area contributed by atoms with Crippen LogP contribution >= 0.6 is 0 Å². The molecular weight excluding hydrogens is 268 g/mol. The van der Waals surface area contributed by atoms with Crippen LogP contribution in [0, 0.1) is 0 Å². The quantitative estimate of drug-likeness (QED) is 0.625. The second-order valence-electron chi connectivity index (χ2n) is 4.93. The SMILES string of the molecule is COCCOc1cccc(NC(=O)N[C@@H]2C=CCCC2)c1. The van der Waals surface area contributed by atoms with Crippen molar-refractivity contribution in [2.75, 3.05) is 25.6 Å². The number of carbonyl (C=O) groups excluding carboxylic acids is 1. The summed E-state index contributed by atoms with van der Waals surface area (Å²) in [5, 5.41) is 5.77. The molecule has 2 N–H and O–H groups in total. The van der Waals surface area contributed by atoms with Crippen LogP contribution in [-0.4, -0.2) is 32.4 Å². The van der Waals surface area contributed by atoms with E-state index >= 15 is 0 Å². The van der Waals surface area contributed by atoms with E-state index in [1.807, 2.05) is 24.3 Å². The first-order chi connectivity index (χ1) is 10.3. The third-order valence-electron chi connectivity index (χ3n) is 3.22. The van der Waals surface area contributed by atoms with E-state index in [1.165, 1.54) is 0 Å². The minimum Gasteiger partial charge on any atom is -0.491 e. The number of methoxy groups -OCH3 is 1. The zero-order valence-corrected chi connectivity index (χ0v) is 12.3. The molecule has 0 spiro atoms. The van der Waals surface area contributed by atoms with Crippen LogP contribution < -0.4 is 15.4 Å². The molecule has 0 bridgehead atoms. The highest BCUT2D eigenvalue weighted by atomic mass is 16.5. The Morgan fingerprint density at radius 1 is 1.38 bits per heavy atom. The third kappa shape index (κ3) is 5.47. The van der Waals surface area contributed by atoms with E-state index in [-0.39, 0.29) is 12.1 Å². The van der Waals surface area contributed by atoms with Gasteiger partial charge in [0, 0.05) is 24.9 Å². The van der Waals surface area contributed by atoms with Crippen molar-refractivity contribution < 1.29 is 14.3 Å². The van der Waals surface area contributed by atoms with Crippen LogP contribution in [0.25, 0.3) is 0 Å². The number of urea groups is 1. The van der Waals surface area contributed by atoms with E-state index in [9.17, 15) is 4.79 Å². The average molecular weight is 290 g/mol. The molecule has 0 unspecified atom stereocenters. The number of ether oxygens (including phenoxy) is 2. The molecule has 0 radical (unpaired) electrons. The maximum atomic E-state index is 11.9. The molecule has 5 nitrogen and oxygen atoms in total. The molecular formula is C16H22N2O3. The third-order valence-corrected chi connectivity index (χ3v) is 3.22. The Kier molecular flexibility index (Phi) is 6.09. The molecule has 2 amide bonds. The molecule has 1 aromatic carbocycles. The zero-order chi connectivity index (χ0) is 14.9. The summed E-state index contributed by atoms with van der Waals surface area (Å²) in [6, 6.07) is 7.26. The van der Waals surface area contributed by atoms with Gasteiger partial charge in [-0.3, -0.25) is 0 Å². The van der Waals surface area contributed by atoms with Gasteiger partial charge in [0.15, 0.2) is 0 Å². The van der Waals surface area contributed by atoms with E-state index in [2.05, 4.69) is 16.7 Å². The summed E-state index contributed by atoms with van der Waals surface area (Å²) in [4.78, 5) is 11.9. The van der Waals surface area contributed by atoms with E-state index in [4.69, 9.17) is 9.47 Å². The van der Waals surface area contributed by atoms with E-state index < -0.39 is 0 Å². The van der Waals surface area contributed by atoms with Gasteiger partial charge in [-0.05, 0) is 31.4 Å². The van der Waals surface area contributed by atoms with Gasteiger partial charge in [0.05, 0.1) is 6.61 Å². The summed E-state index contributed by atoms with van der Waals surface area (Å²) in [7, 11) is 1.63. The number of carbonyl (C=O) groups is 1. The summed E-state index contributed by atoms with van der Waals surface area (Å²) in [5.74, 6) is 0.711. The molecule has 1 aliphatic carbocycles. The first-order valence-corrected chi connectivity index (χ1v) is 7.24. The lowest BCUT2D eigenvalue weighted by Crippen LogP contribution is -2.37. The van der Waals surface area contributed by atoms with Crippen LogP contribution in [-0.2, 0) is 4.74 Å². The smallest absolute Gasteiger partial charge is 0.319 e. The fourth-order valence-corrected chi connectivity index (χ4v) is 2.17. The van der Waals surface area contributed by atoms with Crippen molar-refractivity contribution in [3.8, 4) is 5.75 Å². The van der Waals surface area contributed by atoms with Crippen molar-refractivity contribution in [2.24, 2.45) is 0 Å². The van der Waals surface area contributed by atoms with Crippen LogP contribution in [0.15, 0.2) is 36.4 Å². The van der Waals surface area contributed by atoms with Gasteiger partial charge in [-0.15, -0.1) is 0 Å². The van der Waals surface area contributed by atoms with Gasteiger partial charge in [-0.25, -0.2) is 4.79 Å². The predicted molar refractivity (Wildman–Crippen MR) is 82.7 cm³/mol. The molecule has 1 aliphatic rings. The van der Waals surface area contributed by atoms with E-state index in [0.29, 0.717) is 24.7 Å². The van der Waals surface area contributed by atoms with Crippen LogP contribution in [0.3, 0.4) is 0 Å². The van der Waals surface area contributed by atoms with Crippen LogP contribution in [0.1, 0.15) is 19.3 Å². The average Bonchev–Trinajstić information content (AvgIpc) is 2.49. The Bertz CT molecular complexity index is 488. The van der Waals surface area contributed by atoms with Crippen molar-refractivity contribution in [3.05, 3.63) is 36.4 Å². The zero-order valence-electron chi connectivity index (χ0n) is 12.3. The number of rotatable bonds is 6. The van der Waals surface area contributed by atoms with Gasteiger partial charge in [0.25, 0.3) is 0 Å². The largest absolute Gasteiger partial charge is 0.491 e. The number of nitrogens with one attached hydrogen (secondary N) is 2. The first-order valence-electron chi connectivity index (χ1n) is 7.24. The number of hydrogen-bond donors (Lipinski definition) is 2. The normalized spacial score (nSPS) is 17.3. The van der Waals surface area contributed by atoms with Gasteiger partial charge >= 0.3 is 6.03 Å². The summed E-state index contributed by atoms with van der Waals surface area (Å²) in [6.45, 7) is 1.02. The molecule has 0 heterocycles. The van der Waals surface area contributed by atoms with Crippen molar-refractivity contribution in [3.63, 3.8) is 0 Å². The highest BCUT2D eigenvalue weighted by molar-refractivity contribution is 5.89. The highest BCUT2D eigenvalue weighted by Gasteiger charge is 2.11. The van der Waals surface area contributed by atoms with Crippen molar-refractivity contribution >= 4 is 11.7 Å². The first kappa shape index (κ1) is 15.4. The van der Waals surface area contributed by atoms with Crippen LogP contribution in [0.5, 0.6) is 5.75 Å².